The molecule has 0 saturated heterocycles. The highest BCUT2D eigenvalue weighted by molar-refractivity contribution is 5.22. The Kier molecular flexibility index (Phi) is 4.68. The third-order valence-corrected chi connectivity index (χ3v) is 3.01. The van der Waals surface area contributed by atoms with E-state index in [-0.39, 0.29) is 12.1 Å². The molecule has 0 saturated carbocycles. The van der Waals surface area contributed by atoms with Gasteiger partial charge in [-0.25, -0.2) is 5.43 Å². The summed E-state index contributed by atoms with van der Waals surface area (Å²) >= 11 is 0. The van der Waals surface area contributed by atoms with Gasteiger partial charge < -0.3 is 4.74 Å². The van der Waals surface area contributed by atoms with Crippen LogP contribution in [0.3, 0.4) is 0 Å². The second-order valence-electron chi connectivity index (χ2n) is 4.35. The van der Waals surface area contributed by atoms with Crippen molar-refractivity contribution in [3.05, 3.63) is 53.9 Å². The van der Waals surface area contributed by atoms with Gasteiger partial charge in [0.1, 0.15) is 6.10 Å². The SMILES string of the molecule is CCOC(c1ccccc1)C(NN)c1ccn(C)n1. The quantitative estimate of drug-likeness (QED) is 0.613. The number of nitrogens with one attached hydrogen (secondary N) is 1. The molecule has 0 aliphatic heterocycles. The minimum atomic E-state index is -0.177. The fraction of sp³-hybridized carbons (Fsp3) is 0.357. The van der Waals surface area contributed by atoms with Crippen molar-refractivity contribution in [2.24, 2.45) is 12.9 Å². The summed E-state index contributed by atoms with van der Waals surface area (Å²) in [5.41, 5.74) is 4.76. The molecule has 5 heteroatoms. The van der Waals surface area contributed by atoms with Gasteiger partial charge in [-0.15, -0.1) is 0 Å². The minimum absolute atomic E-state index is 0.161. The molecule has 1 heterocycles. The molecule has 0 aliphatic carbocycles. The van der Waals surface area contributed by atoms with Crippen molar-refractivity contribution >= 4 is 0 Å². The minimum Gasteiger partial charge on any atom is -0.372 e. The van der Waals surface area contributed by atoms with Crippen molar-refractivity contribution in [3.8, 4) is 0 Å². The standard InChI is InChI=1S/C14H20N4O/c1-3-19-14(11-7-5-4-6-8-11)13(16-15)12-9-10-18(2)17-12/h4-10,13-14,16H,3,15H2,1-2H3. The lowest BCUT2D eigenvalue weighted by Crippen LogP contribution is -2.34. The van der Waals surface area contributed by atoms with Gasteiger partial charge >= 0.3 is 0 Å². The summed E-state index contributed by atoms with van der Waals surface area (Å²) in [6.07, 6.45) is 1.74. The van der Waals surface area contributed by atoms with Gasteiger partial charge in [-0.2, -0.15) is 5.10 Å². The van der Waals surface area contributed by atoms with Crippen LogP contribution in [-0.4, -0.2) is 16.4 Å². The maximum atomic E-state index is 5.85. The molecule has 1 aromatic heterocycles. The van der Waals surface area contributed by atoms with Gasteiger partial charge in [0.15, 0.2) is 0 Å². The Bertz CT molecular complexity index is 497. The number of nitrogens with zero attached hydrogens (tertiary/aromatic N) is 2. The van der Waals surface area contributed by atoms with Crippen LogP contribution in [-0.2, 0) is 11.8 Å². The predicted octanol–water partition coefficient (Wildman–Crippen LogP) is 1.70. The van der Waals surface area contributed by atoms with Crippen molar-refractivity contribution in [2.75, 3.05) is 6.61 Å². The first-order valence-electron chi connectivity index (χ1n) is 6.38. The summed E-state index contributed by atoms with van der Waals surface area (Å²) in [6, 6.07) is 11.8. The van der Waals surface area contributed by atoms with E-state index in [2.05, 4.69) is 10.5 Å². The zero-order chi connectivity index (χ0) is 13.7. The fourth-order valence-corrected chi connectivity index (χ4v) is 2.13. The number of hydrazine groups is 1. The van der Waals surface area contributed by atoms with Crippen LogP contribution in [0.4, 0.5) is 0 Å². The van der Waals surface area contributed by atoms with Gasteiger partial charge in [-0.3, -0.25) is 10.5 Å². The maximum absolute atomic E-state index is 5.85. The summed E-state index contributed by atoms with van der Waals surface area (Å²) in [5.74, 6) is 5.70. The van der Waals surface area contributed by atoms with E-state index in [1.807, 2.05) is 56.6 Å². The number of benzene rings is 1. The van der Waals surface area contributed by atoms with E-state index in [9.17, 15) is 0 Å². The van der Waals surface area contributed by atoms with Crippen molar-refractivity contribution in [2.45, 2.75) is 19.1 Å². The Hall–Kier alpha value is -1.69. The Labute approximate surface area is 113 Å². The molecule has 0 aliphatic rings. The molecule has 3 N–H and O–H groups in total. The predicted molar refractivity (Wildman–Crippen MR) is 74.1 cm³/mol. The van der Waals surface area contributed by atoms with Crippen LogP contribution >= 0.6 is 0 Å². The lowest BCUT2D eigenvalue weighted by molar-refractivity contribution is 0.0314. The normalized spacial score (nSPS) is 14.3. The molecule has 0 fully saturated rings. The average molecular weight is 260 g/mol. The van der Waals surface area contributed by atoms with Gasteiger partial charge in [0, 0.05) is 19.9 Å². The van der Waals surface area contributed by atoms with Gasteiger partial charge in [-0.05, 0) is 18.6 Å². The zero-order valence-corrected chi connectivity index (χ0v) is 11.3. The summed E-state index contributed by atoms with van der Waals surface area (Å²) in [6.45, 7) is 2.59. The number of ether oxygens (including phenoxy) is 1. The number of nitrogens with two attached hydrogens (primary N) is 1. The average Bonchev–Trinajstić information content (AvgIpc) is 2.86. The molecule has 0 radical (unpaired) electrons. The molecule has 19 heavy (non-hydrogen) atoms. The number of aromatic nitrogens is 2. The van der Waals surface area contributed by atoms with E-state index in [0.717, 1.165) is 11.3 Å². The van der Waals surface area contributed by atoms with E-state index in [1.165, 1.54) is 0 Å². The van der Waals surface area contributed by atoms with E-state index in [4.69, 9.17) is 10.6 Å². The first-order valence-corrected chi connectivity index (χ1v) is 6.38. The van der Waals surface area contributed by atoms with Gasteiger partial charge in [0.2, 0.25) is 0 Å². The highest BCUT2D eigenvalue weighted by Crippen LogP contribution is 2.30. The Balaban J connectivity index is 2.31. The van der Waals surface area contributed by atoms with Crippen LogP contribution in [0, 0.1) is 0 Å². The monoisotopic (exact) mass is 260 g/mol. The molecular formula is C14H20N4O. The molecule has 5 nitrogen and oxygen atoms in total. The molecule has 2 rings (SSSR count). The summed E-state index contributed by atoms with van der Waals surface area (Å²) in [4.78, 5) is 0. The largest absolute Gasteiger partial charge is 0.372 e. The number of hydrogen-bond acceptors (Lipinski definition) is 4. The van der Waals surface area contributed by atoms with Gasteiger partial charge in [0.25, 0.3) is 0 Å². The molecular weight excluding hydrogens is 240 g/mol. The van der Waals surface area contributed by atoms with E-state index in [0.29, 0.717) is 6.61 Å². The van der Waals surface area contributed by atoms with Crippen molar-refractivity contribution in [1.29, 1.82) is 0 Å². The second-order valence-corrected chi connectivity index (χ2v) is 4.35. The van der Waals surface area contributed by atoms with Crippen molar-refractivity contribution in [1.82, 2.24) is 15.2 Å². The number of aryl methyl sites for hydroxylation is 1. The Morgan fingerprint density at radius 3 is 2.58 bits per heavy atom. The summed E-state index contributed by atoms with van der Waals surface area (Å²) in [5, 5.41) is 4.40. The third kappa shape index (κ3) is 3.20. The van der Waals surface area contributed by atoms with E-state index < -0.39 is 0 Å². The van der Waals surface area contributed by atoms with Crippen LogP contribution in [0.5, 0.6) is 0 Å². The summed E-state index contributed by atoms with van der Waals surface area (Å²) < 4.78 is 7.61. The lowest BCUT2D eigenvalue weighted by atomic mass is 10.00. The Morgan fingerprint density at radius 1 is 1.32 bits per heavy atom. The molecule has 0 spiro atoms. The van der Waals surface area contributed by atoms with Crippen LogP contribution in [0.1, 0.15) is 30.3 Å². The highest BCUT2D eigenvalue weighted by atomic mass is 16.5. The van der Waals surface area contributed by atoms with E-state index >= 15 is 0 Å². The molecule has 2 unspecified atom stereocenters. The number of hydrogen-bond donors (Lipinski definition) is 2. The molecule has 1 aromatic carbocycles. The van der Waals surface area contributed by atoms with Crippen molar-refractivity contribution in [3.63, 3.8) is 0 Å². The molecule has 102 valence electrons. The van der Waals surface area contributed by atoms with Crippen LogP contribution < -0.4 is 11.3 Å². The fourth-order valence-electron chi connectivity index (χ4n) is 2.13. The number of rotatable bonds is 6. The Morgan fingerprint density at radius 2 is 2.05 bits per heavy atom. The van der Waals surface area contributed by atoms with Gasteiger partial charge in [-0.1, -0.05) is 30.3 Å². The van der Waals surface area contributed by atoms with Crippen molar-refractivity contribution < 1.29 is 4.74 Å². The van der Waals surface area contributed by atoms with Gasteiger partial charge in [0.05, 0.1) is 11.7 Å². The first kappa shape index (κ1) is 13.7. The topological polar surface area (TPSA) is 65.1 Å². The maximum Gasteiger partial charge on any atom is 0.105 e. The molecule has 0 amide bonds. The van der Waals surface area contributed by atoms with E-state index in [1.54, 1.807) is 4.68 Å². The first-order chi connectivity index (χ1) is 9.26. The third-order valence-electron chi connectivity index (χ3n) is 3.01. The highest BCUT2D eigenvalue weighted by Gasteiger charge is 2.26. The van der Waals surface area contributed by atoms with Crippen LogP contribution in [0.15, 0.2) is 42.6 Å². The summed E-state index contributed by atoms with van der Waals surface area (Å²) in [7, 11) is 1.88. The van der Waals surface area contributed by atoms with Crippen LogP contribution in [0.2, 0.25) is 0 Å². The second kappa shape index (κ2) is 6.47. The molecule has 0 bridgehead atoms. The lowest BCUT2D eigenvalue weighted by Gasteiger charge is -2.25. The molecule has 2 atom stereocenters. The zero-order valence-electron chi connectivity index (χ0n) is 11.3. The van der Waals surface area contributed by atoms with Crippen LogP contribution in [0.25, 0.3) is 0 Å². The smallest absolute Gasteiger partial charge is 0.105 e. The molecule has 2 aromatic rings.